The molecule has 1 spiro atoms. The molecule has 1 saturated carbocycles. The first kappa shape index (κ1) is 18.0. The molecule has 27 heavy (non-hydrogen) atoms. The highest BCUT2D eigenvalue weighted by Crippen LogP contribution is 2.37. The predicted octanol–water partition coefficient (Wildman–Crippen LogP) is 2.97. The Morgan fingerprint density at radius 3 is 2.52 bits per heavy atom. The van der Waals surface area contributed by atoms with Crippen LogP contribution in [-0.2, 0) is 0 Å². The molecule has 4 rings (SSSR count). The van der Waals surface area contributed by atoms with Crippen LogP contribution in [0.25, 0.3) is 5.69 Å². The number of aromatic nitrogens is 2. The first-order valence-electron chi connectivity index (χ1n) is 9.82. The number of carbonyl (C=O) groups is 1. The van der Waals surface area contributed by atoms with Gasteiger partial charge < -0.3 is 14.5 Å². The lowest BCUT2D eigenvalue weighted by atomic mass is 9.78. The van der Waals surface area contributed by atoms with Crippen molar-refractivity contribution in [1.29, 1.82) is 0 Å². The molecule has 2 heterocycles. The summed E-state index contributed by atoms with van der Waals surface area (Å²) in [5.41, 5.74) is 1.42. The van der Waals surface area contributed by atoms with E-state index in [4.69, 9.17) is 4.74 Å². The van der Waals surface area contributed by atoms with Crippen molar-refractivity contribution in [2.24, 2.45) is 0 Å². The summed E-state index contributed by atoms with van der Waals surface area (Å²) in [5.74, 6) is 0.871. The Morgan fingerprint density at radius 1 is 1.07 bits per heavy atom. The first-order valence-corrected chi connectivity index (χ1v) is 9.82. The third kappa shape index (κ3) is 3.46. The number of hydrogen-bond acceptors (Lipinski definition) is 4. The zero-order chi connectivity index (χ0) is 18.9. The van der Waals surface area contributed by atoms with E-state index in [0.717, 1.165) is 43.9 Å². The maximum absolute atomic E-state index is 13.3. The minimum absolute atomic E-state index is 0.0216. The summed E-state index contributed by atoms with van der Waals surface area (Å²) >= 11 is 0. The van der Waals surface area contributed by atoms with Crippen molar-refractivity contribution in [3.8, 4) is 11.4 Å². The molecule has 1 aromatic heterocycles. The standard InChI is InChI=1S/C21H28N4O2/c1-23-14-15-24(21(16-23)11-4-3-5-12-21)20(26)19-10-13-25(22-19)17-6-8-18(27-2)9-7-17/h6-10,13H,3-5,11-12,14-16H2,1-2H3. The van der Waals surface area contributed by atoms with Gasteiger partial charge in [0.05, 0.1) is 18.3 Å². The van der Waals surface area contributed by atoms with Crippen molar-refractivity contribution < 1.29 is 9.53 Å². The number of ether oxygens (including phenoxy) is 1. The van der Waals surface area contributed by atoms with Gasteiger partial charge in [-0.25, -0.2) is 4.68 Å². The molecule has 0 bridgehead atoms. The molecule has 1 aliphatic carbocycles. The fourth-order valence-electron chi connectivity index (χ4n) is 4.58. The van der Waals surface area contributed by atoms with Crippen molar-refractivity contribution in [3.05, 3.63) is 42.2 Å². The molecule has 6 nitrogen and oxygen atoms in total. The molecule has 0 unspecified atom stereocenters. The normalized spacial score (nSPS) is 20.0. The molecule has 144 valence electrons. The lowest BCUT2D eigenvalue weighted by Gasteiger charge is -2.52. The number of rotatable bonds is 3. The van der Waals surface area contributed by atoms with Crippen LogP contribution in [0, 0.1) is 0 Å². The molecule has 1 amide bonds. The second-order valence-electron chi connectivity index (χ2n) is 7.82. The number of amides is 1. The van der Waals surface area contributed by atoms with Crippen LogP contribution in [0.1, 0.15) is 42.6 Å². The minimum atomic E-state index is -0.0216. The van der Waals surface area contributed by atoms with Crippen molar-refractivity contribution in [2.75, 3.05) is 33.8 Å². The number of likely N-dealkylation sites (N-methyl/N-ethyl adjacent to an activating group) is 1. The van der Waals surface area contributed by atoms with E-state index in [1.54, 1.807) is 11.8 Å². The number of hydrogen-bond donors (Lipinski definition) is 0. The number of piperazine rings is 1. The highest BCUT2D eigenvalue weighted by molar-refractivity contribution is 5.93. The second-order valence-corrected chi connectivity index (χ2v) is 7.82. The Kier molecular flexibility index (Phi) is 4.91. The largest absolute Gasteiger partial charge is 0.497 e. The minimum Gasteiger partial charge on any atom is -0.497 e. The topological polar surface area (TPSA) is 50.6 Å². The van der Waals surface area contributed by atoms with Gasteiger partial charge in [0, 0.05) is 25.8 Å². The highest BCUT2D eigenvalue weighted by atomic mass is 16.5. The van der Waals surface area contributed by atoms with E-state index in [9.17, 15) is 4.79 Å². The van der Waals surface area contributed by atoms with Gasteiger partial charge in [0.1, 0.15) is 5.75 Å². The monoisotopic (exact) mass is 368 g/mol. The zero-order valence-corrected chi connectivity index (χ0v) is 16.2. The smallest absolute Gasteiger partial charge is 0.274 e. The summed E-state index contributed by atoms with van der Waals surface area (Å²) in [6, 6.07) is 9.52. The van der Waals surface area contributed by atoms with E-state index in [2.05, 4.69) is 21.9 Å². The molecule has 0 radical (unpaired) electrons. The molecule has 2 aliphatic rings. The van der Waals surface area contributed by atoms with Gasteiger partial charge in [0.15, 0.2) is 5.69 Å². The Bertz CT molecular complexity index is 793. The third-order valence-corrected chi connectivity index (χ3v) is 6.02. The summed E-state index contributed by atoms with van der Waals surface area (Å²) < 4.78 is 6.97. The molecule has 2 fully saturated rings. The molecule has 1 aromatic carbocycles. The van der Waals surface area contributed by atoms with Crippen molar-refractivity contribution >= 4 is 5.91 Å². The maximum atomic E-state index is 13.3. The van der Waals surface area contributed by atoms with Crippen LogP contribution in [0.4, 0.5) is 0 Å². The fourth-order valence-corrected chi connectivity index (χ4v) is 4.58. The molecule has 1 aliphatic heterocycles. The lowest BCUT2D eigenvalue weighted by Crippen LogP contribution is -2.63. The van der Waals surface area contributed by atoms with Gasteiger partial charge in [-0.05, 0) is 50.2 Å². The van der Waals surface area contributed by atoms with Gasteiger partial charge in [-0.1, -0.05) is 19.3 Å². The summed E-state index contributed by atoms with van der Waals surface area (Å²) in [7, 11) is 3.81. The summed E-state index contributed by atoms with van der Waals surface area (Å²) in [5, 5.41) is 4.58. The lowest BCUT2D eigenvalue weighted by molar-refractivity contribution is -0.00819. The van der Waals surface area contributed by atoms with Gasteiger partial charge in [-0.2, -0.15) is 5.10 Å². The van der Waals surface area contributed by atoms with Crippen molar-refractivity contribution in [2.45, 2.75) is 37.6 Å². The van der Waals surface area contributed by atoms with Gasteiger partial charge in [-0.3, -0.25) is 4.79 Å². The van der Waals surface area contributed by atoms with E-state index in [1.165, 1.54) is 19.3 Å². The Morgan fingerprint density at radius 2 is 1.81 bits per heavy atom. The molecule has 2 aromatic rings. The number of methoxy groups -OCH3 is 1. The zero-order valence-electron chi connectivity index (χ0n) is 16.2. The quantitative estimate of drug-likeness (QED) is 0.836. The van der Waals surface area contributed by atoms with Gasteiger partial charge in [-0.15, -0.1) is 0 Å². The van der Waals surface area contributed by atoms with Crippen LogP contribution in [0.5, 0.6) is 5.75 Å². The number of carbonyl (C=O) groups excluding carboxylic acids is 1. The van der Waals surface area contributed by atoms with E-state index in [1.807, 2.05) is 36.5 Å². The molecule has 6 heteroatoms. The predicted molar refractivity (Wildman–Crippen MR) is 104 cm³/mol. The van der Waals surface area contributed by atoms with Gasteiger partial charge in [0.25, 0.3) is 5.91 Å². The Hall–Kier alpha value is -2.34. The Balaban J connectivity index is 1.57. The van der Waals surface area contributed by atoms with Crippen LogP contribution in [0.3, 0.4) is 0 Å². The van der Waals surface area contributed by atoms with Crippen LogP contribution in [-0.4, -0.2) is 64.8 Å². The number of benzene rings is 1. The third-order valence-electron chi connectivity index (χ3n) is 6.02. The van der Waals surface area contributed by atoms with Crippen LogP contribution in [0.15, 0.2) is 36.5 Å². The average Bonchev–Trinajstić information content (AvgIpc) is 3.18. The van der Waals surface area contributed by atoms with Gasteiger partial charge >= 0.3 is 0 Å². The fraction of sp³-hybridized carbons (Fsp3) is 0.524. The first-order chi connectivity index (χ1) is 13.1. The van der Waals surface area contributed by atoms with Crippen LogP contribution >= 0.6 is 0 Å². The van der Waals surface area contributed by atoms with E-state index in [0.29, 0.717) is 5.69 Å². The van der Waals surface area contributed by atoms with Gasteiger partial charge in [0.2, 0.25) is 0 Å². The van der Waals surface area contributed by atoms with E-state index >= 15 is 0 Å². The Labute approximate surface area is 160 Å². The maximum Gasteiger partial charge on any atom is 0.274 e. The second kappa shape index (κ2) is 7.35. The van der Waals surface area contributed by atoms with Crippen molar-refractivity contribution in [3.63, 3.8) is 0 Å². The number of nitrogens with zero attached hydrogens (tertiary/aromatic N) is 4. The molecular formula is C21H28N4O2. The summed E-state index contributed by atoms with van der Waals surface area (Å²) in [6.07, 6.45) is 7.75. The summed E-state index contributed by atoms with van der Waals surface area (Å²) in [4.78, 5) is 17.8. The molecule has 1 saturated heterocycles. The molecule has 0 N–H and O–H groups in total. The summed E-state index contributed by atoms with van der Waals surface area (Å²) in [6.45, 7) is 2.68. The van der Waals surface area contributed by atoms with Crippen molar-refractivity contribution in [1.82, 2.24) is 19.6 Å². The highest BCUT2D eigenvalue weighted by Gasteiger charge is 2.44. The molecule has 0 atom stereocenters. The SMILES string of the molecule is COc1ccc(-n2ccc(C(=O)N3CCN(C)CC34CCCCC4)n2)cc1. The van der Waals surface area contributed by atoms with E-state index in [-0.39, 0.29) is 11.4 Å². The molecular weight excluding hydrogens is 340 g/mol. The average molecular weight is 368 g/mol. The van der Waals surface area contributed by atoms with Crippen LogP contribution < -0.4 is 4.74 Å². The van der Waals surface area contributed by atoms with E-state index < -0.39 is 0 Å². The van der Waals surface area contributed by atoms with Crippen LogP contribution in [0.2, 0.25) is 0 Å².